The van der Waals surface area contributed by atoms with Crippen LogP contribution in [0.2, 0.25) is 0 Å². The molecule has 0 fully saturated rings. The average molecular weight is 340 g/mol. The number of nitrogens with zero attached hydrogens (tertiary/aromatic N) is 3. The molecule has 1 amide bonds. The minimum absolute atomic E-state index is 0.0702. The van der Waals surface area contributed by atoms with Gasteiger partial charge in [-0.25, -0.2) is 4.98 Å². The van der Waals surface area contributed by atoms with Crippen molar-refractivity contribution < 1.29 is 4.79 Å². The van der Waals surface area contributed by atoms with Crippen molar-refractivity contribution in [3.8, 4) is 11.3 Å². The molecule has 0 aliphatic heterocycles. The van der Waals surface area contributed by atoms with Crippen molar-refractivity contribution in [2.45, 2.75) is 26.8 Å². The van der Waals surface area contributed by atoms with E-state index in [2.05, 4.69) is 25.2 Å². The number of hydrogen-bond donors (Lipinski definition) is 1. The SMILES string of the molecule is Cc1nc(-c2ccsc2)ccc1C(=O)NCCCn1ccnc1C. The van der Waals surface area contributed by atoms with E-state index in [1.807, 2.05) is 43.6 Å². The van der Waals surface area contributed by atoms with Gasteiger partial charge in [-0.3, -0.25) is 9.78 Å². The minimum Gasteiger partial charge on any atom is -0.352 e. The zero-order valence-corrected chi connectivity index (χ0v) is 14.6. The van der Waals surface area contributed by atoms with E-state index in [1.165, 1.54) is 0 Å². The Labute approximate surface area is 145 Å². The third-order valence-corrected chi connectivity index (χ3v) is 4.62. The first-order valence-corrected chi connectivity index (χ1v) is 8.85. The molecule has 0 radical (unpaired) electrons. The summed E-state index contributed by atoms with van der Waals surface area (Å²) < 4.78 is 2.08. The van der Waals surface area contributed by atoms with Gasteiger partial charge >= 0.3 is 0 Å². The van der Waals surface area contributed by atoms with Crippen molar-refractivity contribution in [2.75, 3.05) is 6.54 Å². The van der Waals surface area contributed by atoms with Gasteiger partial charge in [0, 0.05) is 36.4 Å². The Morgan fingerprint density at radius 2 is 2.17 bits per heavy atom. The molecule has 0 bridgehead atoms. The molecule has 3 aromatic rings. The van der Waals surface area contributed by atoms with E-state index in [9.17, 15) is 4.79 Å². The number of imidazole rings is 1. The van der Waals surface area contributed by atoms with Gasteiger partial charge in [0.15, 0.2) is 0 Å². The van der Waals surface area contributed by atoms with Gasteiger partial charge in [0.2, 0.25) is 0 Å². The third-order valence-electron chi connectivity index (χ3n) is 3.93. The molecule has 0 spiro atoms. The van der Waals surface area contributed by atoms with Crippen molar-refractivity contribution >= 4 is 17.2 Å². The summed E-state index contributed by atoms with van der Waals surface area (Å²) in [6, 6.07) is 5.79. The van der Waals surface area contributed by atoms with Gasteiger partial charge < -0.3 is 9.88 Å². The number of aromatic nitrogens is 3. The molecule has 0 atom stereocenters. The van der Waals surface area contributed by atoms with Crippen molar-refractivity contribution in [3.63, 3.8) is 0 Å². The van der Waals surface area contributed by atoms with Crippen LogP contribution in [0, 0.1) is 13.8 Å². The van der Waals surface area contributed by atoms with Gasteiger partial charge in [-0.05, 0) is 43.8 Å². The average Bonchev–Trinajstić information content (AvgIpc) is 3.23. The summed E-state index contributed by atoms with van der Waals surface area (Å²) in [4.78, 5) is 21.1. The number of carbonyl (C=O) groups is 1. The number of pyridine rings is 1. The highest BCUT2D eigenvalue weighted by Crippen LogP contribution is 2.21. The molecule has 6 heteroatoms. The lowest BCUT2D eigenvalue weighted by atomic mass is 10.1. The summed E-state index contributed by atoms with van der Waals surface area (Å²) in [5.41, 5.74) is 3.38. The lowest BCUT2D eigenvalue weighted by molar-refractivity contribution is 0.0951. The van der Waals surface area contributed by atoms with Crippen LogP contribution in [0.15, 0.2) is 41.4 Å². The summed E-state index contributed by atoms with van der Waals surface area (Å²) in [6.07, 6.45) is 4.61. The zero-order chi connectivity index (χ0) is 16.9. The predicted octanol–water partition coefficient (Wildman–Crippen LogP) is 3.44. The van der Waals surface area contributed by atoms with E-state index in [0.717, 1.165) is 35.7 Å². The molecule has 3 rings (SSSR count). The molecular weight excluding hydrogens is 320 g/mol. The van der Waals surface area contributed by atoms with Crippen LogP contribution in [0.25, 0.3) is 11.3 Å². The Morgan fingerprint density at radius 1 is 1.29 bits per heavy atom. The van der Waals surface area contributed by atoms with Gasteiger partial charge in [0.1, 0.15) is 5.82 Å². The van der Waals surface area contributed by atoms with Crippen molar-refractivity contribution in [2.24, 2.45) is 0 Å². The van der Waals surface area contributed by atoms with Crippen molar-refractivity contribution in [1.29, 1.82) is 0 Å². The normalized spacial score (nSPS) is 10.8. The summed E-state index contributed by atoms with van der Waals surface area (Å²) >= 11 is 1.64. The first kappa shape index (κ1) is 16.4. The second-order valence-corrected chi connectivity index (χ2v) is 6.40. The molecule has 0 aromatic carbocycles. The molecule has 3 aromatic heterocycles. The van der Waals surface area contributed by atoms with E-state index >= 15 is 0 Å². The maximum absolute atomic E-state index is 12.3. The Balaban J connectivity index is 1.56. The summed E-state index contributed by atoms with van der Waals surface area (Å²) in [7, 11) is 0. The van der Waals surface area contributed by atoms with Crippen LogP contribution in [-0.2, 0) is 6.54 Å². The topological polar surface area (TPSA) is 59.8 Å². The molecule has 0 saturated heterocycles. The largest absolute Gasteiger partial charge is 0.352 e. The first-order chi connectivity index (χ1) is 11.6. The molecule has 1 N–H and O–H groups in total. The standard InChI is InChI=1S/C18H20N4OS/c1-13-16(4-5-17(21-13)15-6-11-24-12-15)18(23)20-7-3-9-22-10-8-19-14(22)2/h4-6,8,10-12H,3,7,9H2,1-2H3,(H,20,23). The molecule has 0 saturated carbocycles. The first-order valence-electron chi connectivity index (χ1n) is 7.91. The van der Waals surface area contributed by atoms with Gasteiger partial charge in [-0.15, -0.1) is 0 Å². The molecule has 0 aliphatic carbocycles. The number of hydrogen-bond acceptors (Lipinski definition) is 4. The Morgan fingerprint density at radius 3 is 2.83 bits per heavy atom. The summed E-state index contributed by atoms with van der Waals surface area (Å²) in [5, 5.41) is 7.04. The quantitative estimate of drug-likeness (QED) is 0.699. The third kappa shape index (κ3) is 3.71. The summed E-state index contributed by atoms with van der Waals surface area (Å²) in [6.45, 7) is 5.32. The molecule has 5 nitrogen and oxygen atoms in total. The van der Waals surface area contributed by atoms with Crippen LogP contribution >= 0.6 is 11.3 Å². The smallest absolute Gasteiger partial charge is 0.253 e. The molecule has 124 valence electrons. The van der Waals surface area contributed by atoms with Crippen LogP contribution in [0.5, 0.6) is 0 Å². The van der Waals surface area contributed by atoms with Crippen LogP contribution in [0.4, 0.5) is 0 Å². The highest BCUT2D eigenvalue weighted by molar-refractivity contribution is 7.08. The second kappa shape index (κ2) is 7.40. The van der Waals surface area contributed by atoms with Crippen LogP contribution < -0.4 is 5.32 Å². The van der Waals surface area contributed by atoms with Crippen molar-refractivity contribution in [3.05, 3.63) is 58.4 Å². The zero-order valence-electron chi connectivity index (χ0n) is 13.8. The monoisotopic (exact) mass is 340 g/mol. The van der Waals surface area contributed by atoms with Gasteiger partial charge in [-0.2, -0.15) is 11.3 Å². The lowest BCUT2D eigenvalue weighted by Gasteiger charge is -2.09. The Kier molecular flexibility index (Phi) is 5.05. The molecular formula is C18H20N4OS. The van der Waals surface area contributed by atoms with Crippen LogP contribution in [0.3, 0.4) is 0 Å². The second-order valence-electron chi connectivity index (χ2n) is 5.62. The Hall–Kier alpha value is -2.47. The number of rotatable bonds is 6. The lowest BCUT2D eigenvalue weighted by Crippen LogP contribution is -2.26. The van der Waals surface area contributed by atoms with Crippen LogP contribution in [0.1, 0.15) is 28.3 Å². The fourth-order valence-corrected chi connectivity index (χ4v) is 3.21. The molecule has 0 aliphatic rings. The molecule has 24 heavy (non-hydrogen) atoms. The predicted molar refractivity (Wildman–Crippen MR) is 96.2 cm³/mol. The summed E-state index contributed by atoms with van der Waals surface area (Å²) in [5.74, 6) is 0.921. The fourth-order valence-electron chi connectivity index (χ4n) is 2.56. The number of aryl methyl sites for hydroxylation is 3. The molecule has 0 unspecified atom stereocenters. The number of nitrogens with one attached hydrogen (secondary N) is 1. The van der Waals surface area contributed by atoms with E-state index in [1.54, 1.807) is 17.5 Å². The highest BCUT2D eigenvalue weighted by atomic mass is 32.1. The minimum atomic E-state index is -0.0702. The van der Waals surface area contributed by atoms with Gasteiger partial charge in [0.25, 0.3) is 5.91 Å². The van der Waals surface area contributed by atoms with Gasteiger partial charge in [0.05, 0.1) is 17.0 Å². The van der Waals surface area contributed by atoms with Crippen LogP contribution in [-0.4, -0.2) is 27.0 Å². The number of carbonyl (C=O) groups excluding carboxylic acids is 1. The van der Waals surface area contributed by atoms with E-state index in [4.69, 9.17) is 0 Å². The van der Waals surface area contributed by atoms with Crippen molar-refractivity contribution in [1.82, 2.24) is 19.9 Å². The van der Waals surface area contributed by atoms with E-state index < -0.39 is 0 Å². The highest BCUT2D eigenvalue weighted by Gasteiger charge is 2.11. The maximum atomic E-state index is 12.3. The fraction of sp³-hybridized carbons (Fsp3) is 0.278. The maximum Gasteiger partial charge on any atom is 0.253 e. The van der Waals surface area contributed by atoms with Gasteiger partial charge in [-0.1, -0.05) is 0 Å². The number of amides is 1. The van der Waals surface area contributed by atoms with E-state index in [-0.39, 0.29) is 5.91 Å². The molecule has 3 heterocycles. The number of thiophene rings is 1. The Bertz CT molecular complexity index is 823. The van der Waals surface area contributed by atoms with E-state index in [0.29, 0.717) is 12.1 Å².